The van der Waals surface area contributed by atoms with Gasteiger partial charge in [0.15, 0.2) is 5.58 Å². The van der Waals surface area contributed by atoms with Gasteiger partial charge in [-0.1, -0.05) is 16.8 Å². The molecule has 0 aliphatic carbocycles. The van der Waals surface area contributed by atoms with Crippen molar-refractivity contribution < 1.29 is 23.5 Å². The van der Waals surface area contributed by atoms with Crippen LogP contribution >= 0.6 is 0 Å². The highest BCUT2D eigenvalue weighted by atomic mass is 16.6. The fourth-order valence-electron chi connectivity index (χ4n) is 2.38. The third kappa shape index (κ3) is 3.18. The lowest BCUT2D eigenvalue weighted by molar-refractivity contribution is -0.750. The van der Waals surface area contributed by atoms with Crippen LogP contribution in [0, 0.1) is 0 Å². The molecule has 0 atom stereocenters. The van der Waals surface area contributed by atoms with E-state index >= 15 is 0 Å². The smallest absolute Gasteiger partial charge is 0.292 e. The second kappa shape index (κ2) is 6.08. The van der Waals surface area contributed by atoms with Crippen molar-refractivity contribution in [3.63, 3.8) is 0 Å². The summed E-state index contributed by atoms with van der Waals surface area (Å²) in [6.07, 6.45) is 1.11. The monoisotopic (exact) mass is 336 g/mol. The quantitative estimate of drug-likeness (QED) is 0.566. The van der Waals surface area contributed by atoms with Crippen molar-refractivity contribution in [2.24, 2.45) is 0 Å². The molecule has 2 aromatic heterocycles. The zero-order chi connectivity index (χ0) is 17.2. The maximum Gasteiger partial charge on any atom is 0.292 e. The van der Waals surface area contributed by atoms with Crippen LogP contribution in [0.4, 0.5) is 5.69 Å². The Labute approximate surface area is 141 Å². The van der Waals surface area contributed by atoms with E-state index in [2.05, 4.69) is 20.1 Å². The summed E-state index contributed by atoms with van der Waals surface area (Å²) in [7, 11) is 0. The molecule has 25 heavy (non-hydrogen) atoms. The lowest BCUT2D eigenvalue weighted by atomic mass is 10.2. The number of benzene rings is 2. The minimum atomic E-state index is -0.601. The molecular formula is C17H12N4O4. The Morgan fingerprint density at radius 3 is 2.68 bits per heavy atom. The predicted molar refractivity (Wildman–Crippen MR) is 84.2 cm³/mol. The molecule has 4 rings (SSSR count). The molecule has 124 valence electrons. The first-order chi connectivity index (χ1) is 12.2. The fraction of sp³-hybridized carbons (Fsp3) is 0.0588. The van der Waals surface area contributed by atoms with Gasteiger partial charge in [-0.3, -0.25) is 4.79 Å². The van der Waals surface area contributed by atoms with Crippen molar-refractivity contribution in [3.8, 4) is 17.4 Å². The highest BCUT2D eigenvalue weighted by Gasteiger charge is 2.13. The van der Waals surface area contributed by atoms with Gasteiger partial charge in [-0.05, 0) is 36.4 Å². The number of amides is 1. The maximum atomic E-state index is 11.9. The molecule has 4 aromatic rings. The number of hydrogen-bond donors (Lipinski definition) is 1. The molecule has 0 radical (unpaired) electrons. The summed E-state index contributed by atoms with van der Waals surface area (Å²) in [6.45, 7) is -0.112. The molecule has 1 N–H and O–H groups in total. The number of carbonyl (C=O) groups excluding carboxylic acids is 1. The van der Waals surface area contributed by atoms with Crippen molar-refractivity contribution >= 4 is 22.7 Å². The minimum absolute atomic E-state index is 0.112. The molecule has 2 heterocycles. The lowest BCUT2D eigenvalue weighted by Crippen LogP contribution is -2.41. The zero-order valence-corrected chi connectivity index (χ0v) is 12.9. The summed E-state index contributed by atoms with van der Waals surface area (Å²) in [5.41, 5.74) is 2.92. The Morgan fingerprint density at radius 2 is 1.96 bits per heavy atom. The highest BCUT2D eigenvalue weighted by Crippen LogP contribution is 2.25. The number of para-hydroxylation sites is 2. The first-order valence-corrected chi connectivity index (χ1v) is 7.47. The van der Waals surface area contributed by atoms with E-state index in [1.54, 1.807) is 24.3 Å². The van der Waals surface area contributed by atoms with Crippen LogP contribution in [0.15, 0.2) is 63.7 Å². The third-order valence-corrected chi connectivity index (χ3v) is 3.51. The van der Waals surface area contributed by atoms with Crippen molar-refractivity contribution in [3.05, 3.63) is 54.7 Å². The Morgan fingerprint density at radius 1 is 1.16 bits per heavy atom. The number of fused-ring (bicyclic) bond motifs is 1. The maximum absolute atomic E-state index is 11.9. The van der Waals surface area contributed by atoms with Gasteiger partial charge in [0, 0.05) is 11.3 Å². The van der Waals surface area contributed by atoms with Crippen LogP contribution in [-0.2, 0) is 11.3 Å². The zero-order valence-electron chi connectivity index (χ0n) is 12.9. The van der Waals surface area contributed by atoms with Crippen LogP contribution in [0.3, 0.4) is 0 Å². The van der Waals surface area contributed by atoms with E-state index < -0.39 is 5.95 Å². The molecule has 8 nitrogen and oxygen atoms in total. The largest absolute Gasteiger partial charge is 0.539 e. The van der Waals surface area contributed by atoms with E-state index in [1.807, 2.05) is 24.3 Å². The van der Waals surface area contributed by atoms with Gasteiger partial charge < -0.3 is 19.4 Å². The number of anilines is 1. The first-order valence-electron chi connectivity index (χ1n) is 7.47. The highest BCUT2D eigenvalue weighted by molar-refractivity contribution is 5.90. The Bertz CT molecular complexity index is 1000. The Balaban J connectivity index is 1.47. The average Bonchev–Trinajstić information content (AvgIpc) is 3.21. The number of carbonyl (C=O) groups is 1. The van der Waals surface area contributed by atoms with Gasteiger partial charge in [0.25, 0.3) is 12.5 Å². The van der Waals surface area contributed by atoms with E-state index in [9.17, 15) is 9.90 Å². The van der Waals surface area contributed by atoms with Crippen LogP contribution in [0.1, 0.15) is 0 Å². The minimum Gasteiger partial charge on any atom is -0.539 e. The fourth-order valence-corrected chi connectivity index (χ4v) is 2.38. The second-order valence-electron chi connectivity index (χ2n) is 5.33. The van der Waals surface area contributed by atoms with E-state index in [1.165, 1.54) is 0 Å². The topological polar surface area (TPSA) is 108 Å². The van der Waals surface area contributed by atoms with Crippen LogP contribution in [-0.4, -0.2) is 16.2 Å². The normalized spacial score (nSPS) is 10.9. The molecule has 0 aliphatic rings. The number of hydrogen-bond acceptors (Lipinski definition) is 6. The summed E-state index contributed by atoms with van der Waals surface area (Å²) in [6, 6.07) is 14.6. The number of oxazole rings is 1. The van der Waals surface area contributed by atoms with Gasteiger partial charge in [0.2, 0.25) is 12.1 Å². The molecule has 0 saturated heterocycles. The van der Waals surface area contributed by atoms with E-state index in [0.29, 0.717) is 11.6 Å². The van der Waals surface area contributed by atoms with E-state index in [-0.39, 0.29) is 12.5 Å². The molecule has 0 fully saturated rings. The summed E-state index contributed by atoms with van der Waals surface area (Å²) in [5, 5.41) is 17.0. The van der Waals surface area contributed by atoms with Crippen LogP contribution in [0.5, 0.6) is 5.95 Å². The van der Waals surface area contributed by atoms with Crippen LogP contribution in [0.25, 0.3) is 22.6 Å². The Hall–Kier alpha value is -3.68. The van der Waals surface area contributed by atoms with E-state index in [0.717, 1.165) is 27.5 Å². The van der Waals surface area contributed by atoms with E-state index in [4.69, 9.17) is 4.42 Å². The first kappa shape index (κ1) is 14.9. The average molecular weight is 336 g/mol. The SMILES string of the molecule is O=C(C[n+]1cc([O-])on1)Nc1ccc(-c2nc3ccccc3o2)cc1. The number of rotatable bonds is 4. The number of nitrogens with zero attached hydrogens (tertiary/aromatic N) is 3. The third-order valence-electron chi connectivity index (χ3n) is 3.51. The van der Waals surface area contributed by atoms with Crippen LogP contribution < -0.4 is 15.1 Å². The van der Waals surface area contributed by atoms with Crippen molar-refractivity contribution in [2.75, 3.05) is 5.32 Å². The molecule has 0 unspecified atom stereocenters. The van der Waals surface area contributed by atoms with Crippen molar-refractivity contribution in [1.29, 1.82) is 0 Å². The molecule has 8 heteroatoms. The summed E-state index contributed by atoms with van der Waals surface area (Å²) in [4.78, 5) is 16.3. The molecule has 0 bridgehead atoms. The number of aromatic nitrogens is 3. The van der Waals surface area contributed by atoms with Gasteiger partial charge in [-0.15, -0.1) is 0 Å². The molecule has 0 aliphatic heterocycles. The lowest BCUT2D eigenvalue weighted by Gasteiger charge is -2.02. The van der Waals surface area contributed by atoms with Crippen molar-refractivity contribution in [2.45, 2.75) is 6.54 Å². The number of nitrogens with one attached hydrogen (secondary N) is 1. The van der Waals surface area contributed by atoms with Gasteiger partial charge in [0.05, 0.1) is 5.27 Å². The molecule has 0 saturated carbocycles. The van der Waals surface area contributed by atoms with Gasteiger partial charge in [-0.2, -0.15) is 0 Å². The van der Waals surface area contributed by atoms with Gasteiger partial charge in [-0.25, -0.2) is 4.98 Å². The summed E-state index contributed by atoms with van der Waals surface area (Å²) in [5.74, 6) is -0.413. The van der Waals surface area contributed by atoms with Crippen molar-refractivity contribution in [1.82, 2.24) is 10.3 Å². The van der Waals surface area contributed by atoms with Gasteiger partial charge in [0.1, 0.15) is 11.5 Å². The van der Waals surface area contributed by atoms with Crippen LogP contribution in [0.2, 0.25) is 0 Å². The predicted octanol–water partition coefficient (Wildman–Crippen LogP) is 1.48. The summed E-state index contributed by atoms with van der Waals surface area (Å²) < 4.78 is 11.2. The van der Waals surface area contributed by atoms with Gasteiger partial charge >= 0.3 is 0 Å². The Kier molecular flexibility index (Phi) is 3.62. The molecular weight excluding hydrogens is 324 g/mol. The standard InChI is InChI=1S/C17H12N4O4/c22-15(9-21-10-16(23)25-20-21)18-12-7-5-11(6-8-12)17-19-13-3-1-2-4-14(13)24-17/h1-8,10H,9H2,(H-,18,19,20,22,23). The molecule has 0 spiro atoms. The molecule has 2 aromatic carbocycles. The summed E-state index contributed by atoms with van der Waals surface area (Å²) >= 11 is 0. The second-order valence-corrected chi connectivity index (χ2v) is 5.33. The molecule has 1 amide bonds.